The average molecular weight is 312 g/mol. The largest absolute Gasteiger partial charge is 0.316 e. The van der Waals surface area contributed by atoms with Gasteiger partial charge in [-0.05, 0) is 25.3 Å². The summed E-state index contributed by atoms with van der Waals surface area (Å²) >= 11 is 1.37. The topological polar surface area (TPSA) is 87.0 Å². The molecular weight excluding hydrogens is 296 g/mol. The van der Waals surface area contributed by atoms with Crippen LogP contribution >= 0.6 is 11.3 Å². The van der Waals surface area contributed by atoms with Gasteiger partial charge in [-0.3, -0.25) is 4.79 Å². The maximum atomic E-state index is 12.1. The number of hydrogen-bond acceptors (Lipinski definition) is 5. The maximum absolute atomic E-state index is 12.1. The van der Waals surface area contributed by atoms with E-state index in [2.05, 4.69) is 11.4 Å². The van der Waals surface area contributed by atoms with Crippen LogP contribution in [0, 0.1) is 24.2 Å². The Labute approximate surface area is 122 Å². The van der Waals surface area contributed by atoms with E-state index in [4.69, 9.17) is 0 Å². The van der Waals surface area contributed by atoms with Gasteiger partial charge in [-0.2, -0.15) is 5.26 Å². The Morgan fingerprint density at radius 1 is 1.55 bits per heavy atom. The Morgan fingerprint density at radius 2 is 2.25 bits per heavy atom. The molecule has 0 unspecified atom stereocenters. The highest BCUT2D eigenvalue weighted by atomic mass is 32.2. The van der Waals surface area contributed by atoms with Gasteiger partial charge in [0.1, 0.15) is 11.1 Å². The second kappa shape index (κ2) is 5.54. The van der Waals surface area contributed by atoms with Crippen molar-refractivity contribution < 1.29 is 13.2 Å². The van der Waals surface area contributed by atoms with Gasteiger partial charge in [-0.25, -0.2) is 8.42 Å². The Hall–Kier alpha value is -1.39. The molecule has 0 aromatic carbocycles. The summed E-state index contributed by atoms with van der Waals surface area (Å²) in [6.07, 6.45) is 1.10. The van der Waals surface area contributed by atoms with E-state index < -0.39 is 15.8 Å². The van der Waals surface area contributed by atoms with Crippen molar-refractivity contribution in [3.05, 3.63) is 16.0 Å². The summed E-state index contributed by atoms with van der Waals surface area (Å²) in [5.74, 6) is -0.823. The third kappa shape index (κ3) is 2.86. The van der Waals surface area contributed by atoms with E-state index >= 15 is 0 Å². The number of carbonyl (C=O) groups excluding carboxylic acids is 1. The molecule has 0 saturated carbocycles. The summed E-state index contributed by atoms with van der Waals surface area (Å²) in [5, 5.41) is 12.5. The molecule has 5 nitrogen and oxygen atoms in total. The van der Waals surface area contributed by atoms with Crippen LogP contribution in [-0.2, 0) is 21.1 Å². The van der Waals surface area contributed by atoms with Crippen LogP contribution in [0.25, 0.3) is 0 Å². The number of nitriles is 1. The molecule has 1 amide bonds. The van der Waals surface area contributed by atoms with Crippen molar-refractivity contribution in [2.75, 3.05) is 16.8 Å². The second-order valence-electron chi connectivity index (χ2n) is 4.90. The number of sulfone groups is 1. The van der Waals surface area contributed by atoms with Gasteiger partial charge < -0.3 is 5.32 Å². The van der Waals surface area contributed by atoms with E-state index in [1.54, 1.807) is 0 Å². The number of thiophene rings is 1. The van der Waals surface area contributed by atoms with Crippen LogP contribution in [0.5, 0.6) is 0 Å². The van der Waals surface area contributed by atoms with Crippen LogP contribution in [0.3, 0.4) is 0 Å². The van der Waals surface area contributed by atoms with E-state index in [1.165, 1.54) is 11.3 Å². The molecule has 1 atom stereocenters. The molecule has 2 heterocycles. The molecular formula is C13H16N2O3S2. The van der Waals surface area contributed by atoms with Crippen molar-refractivity contribution in [2.24, 2.45) is 5.92 Å². The minimum atomic E-state index is -3.08. The zero-order chi connectivity index (χ0) is 14.9. The molecule has 0 spiro atoms. The van der Waals surface area contributed by atoms with Crippen molar-refractivity contribution in [1.29, 1.82) is 5.26 Å². The lowest BCUT2D eigenvalue weighted by molar-refractivity contribution is -0.119. The van der Waals surface area contributed by atoms with Crippen molar-refractivity contribution >= 4 is 32.1 Å². The SMILES string of the molecule is CCc1c(C)sc(NC(=O)[C@@H]2CCS(=O)(=O)C2)c1C#N. The molecule has 2 rings (SSSR count). The van der Waals surface area contributed by atoms with E-state index in [-0.39, 0.29) is 17.4 Å². The molecule has 0 aliphatic carbocycles. The van der Waals surface area contributed by atoms with Gasteiger partial charge in [-0.1, -0.05) is 6.92 Å². The number of nitrogens with one attached hydrogen (secondary N) is 1. The standard InChI is InChI=1S/C13H16N2O3S2/c1-3-10-8(2)19-13(11(10)6-14)15-12(16)9-4-5-20(17,18)7-9/h9H,3-5,7H2,1-2H3,(H,15,16)/t9-/m1/s1. The minimum Gasteiger partial charge on any atom is -0.316 e. The first kappa shape index (κ1) is 15.0. The normalized spacial score (nSPS) is 20.6. The molecule has 7 heteroatoms. The monoisotopic (exact) mass is 312 g/mol. The van der Waals surface area contributed by atoms with Crippen LogP contribution in [0.2, 0.25) is 0 Å². The van der Waals surface area contributed by atoms with E-state index in [1.807, 2.05) is 13.8 Å². The number of carbonyl (C=O) groups is 1. The lowest BCUT2D eigenvalue weighted by Crippen LogP contribution is -2.23. The van der Waals surface area contributed by atoms with Crippen LogP contribution in [0.1, 0.15) is 29.3 Å². The predicted molar refractivity (Wildman–Crippen MR) is 78.5 cm³/mol. The molecule has 0 radical (unpaired) electrons. The van der Waals surface area contributed by atoms with Gasteiger partial charge in [-0.15, -0.1) is 11.3 Å². The quantitative estimate of drug-likeness (QED) is 0.923. The third-order valence-electron chi connectivity index (χ3n) is 3.51. The smallest absolute Gasteiger partial charge is 0.229 e. The lowest BCUT2D eigenvalue weighted by atomic mass is 10.1. The first-order valence-corrected chi connectivity index (χ1v) is 9.05. The second-order valence-corrected chi connectivity index (χ2v) is 8.35. The molecule has 1 aromatic heterocycles. The lowest BCUT2D eigenvalue weighted by Gasteiger charge is -2.08. The molecule has 20 heavy (non-hydrogen) atoms. The Balaban J connectivity index is 2.19. The number of aryl methyl sites for hydroxylation is 1. The van der Waals surface area contributed by atoms with Crippen LogP contribution in [-0.4, -0.2) is 25.8 Å². The number of amides is 1. The Bertz CT molecular complexity index is 683. The Kier molecular flexibility index (Phi) is 4.16. The minimum absolute atomic E-state index is 0.0693. The van der Waals surface area contributed by atoms with E-state index in [0.717, 1.165) is 16.9 Å². The summed E-state index contributed by atoms with van der Waals surface area (Å²) < 4.78 is 22.8. The third-order valence-corrected chi connectivity index (χ3v) is 6.35. The van der Waals surface area contributed by atoms with Crippen LogP contribution in [0.4, 0.5) is 5.00 Å². The first-order valence-electron chi connectivity index (χ1n) is 6.41. The van der Waals surface area contributed by atoms with Crippen molar-refractivity contribution in [3.8, 4) is 6.07 Å². The fourth-order valence-corrected chi connectivity index (χ4v) is 5.27. The Morgan fingerprint density at radius 3 is 2.75 bits per heavy atom. The zero-order valence-electron chi connectivity index (χ0n) is 11.4. The van der Waals surface area contributed by atoms with Gasteiger partial charge in [0.05, 0.1) is 23.0 Å². The molecule has 1 aliphatic rings. The number of rotatable bonds is 3. The fraction of sp³-hybridized carbons (Fsp3) is 0.538. The molecule has 0 bridgehead atoms. The molecule has 1 aliphatic heterocycles. The van der Waals surface area contributed by atoms with Crippen molar-refractivity contribution in [2.45, 2.75) is 26.7 Å². The number of anilines is 1. The van der Waals surface area contributed by atoms with Gasteiger partial charge in [0.25, 0.3) is 0 Å². The highest BCUT2D eigenvalue weighted by Gasteiger charge is 2.33. The zero-order valence-corrected chi connectivity index (χ0v) is 13.0. The van der Waals surface area contributed by atoms with Gasteiger partial charge in [0.2, 0.25) is 5.91 Å². The number of hydrogen-bond donors (Lipinski definition) is 1. The van der Waals surface area contributed by atoms with Crippen molar-refractivity contribution in [1.82, 2.24) is 0 Å². The van der Waals surface area contributed by atoms with Crippen LogP contribution < -0.4 is 5.32 Å². The molecule has 108 valence electrons. The maximum Gasteiger partial charge on any atom is 0.229 e. The molecule has 1 N–H and O–H groups in total. The molecule has 1 saturated heterocycles. The van der Waals surface area contributed by atoms with E-state index in [0.29, 0.717) is 17.0 Å². The predicted octanol–water partition coefficient (Wildman–Crippen LogP) is 1.86. The summed E-state index contributed by atoms with van der Waals surface area (Å²) in [7, 11) is -3.08. The summed E-state index contributed by atoms with van der Waals surface area (Å²) in [4.78, 5) is 13.1. The summed E-state index contributed by atoms with van der Waals surface area (Å²) in [6.45, 7) is 3.88. The highest BCUT2D eigenvalue weighted by molar-refractivity contribution is 7.91. The molecule has 1 fully saturated rings. The highest BCUT2D eigenvalue weighted by Crippen LogP contribution is 2.33. The van der Waals surface area contributed by atoms with Gasteiger partial charge in [0.15, 0.2) is 9.84 Å². The molecule has 1 aromatic rings. The summed E-state index contributed by atoms with van der Waals surface area (Å²) in [5.41, 5.74) is 1.45. The summed E-state index contributed by atoms with van der Waals surface area (Å²) in [6, 6.07) is 2.13. The number of nitrogens with zero attached hydrogens (tertiary/aromatic N) is 1. The van der Waals surface area contributed by atoms with Crippen LogP contribution in [0.15, 0.2) is 0 Å². The van der Waals surface area contributed by atoms with Gasteiger partial charge in [0, 0.05) is 4.88 Å². The van der Waals surface area contributed by atoms with Crippen molar-refractivity contribution in [3.63, 3.8) is 0 Å². The fourth-order valence-electron chi connectivity index (χ4n) is 2.43. The van der Waals surface area contributed by atoms with E-state index in [9.17, 15) is 18.5 Å². The van der Waals surface area contributed by atoms with Gasteiger partial charge >= 0.3 is 0 Å². The average Bonchev–Trinajstić information content (AvgIpc) is 2.88. The first-order chi connectivity index (χ1) is 9.38.